The molecule has 1 atom stereocenters. The molecule has 2 N–H and O–H groups in total. The molecule has 0 rings (SSSR count). The Kier molecular flexibility index (Phi) is 10.9. The highest BCUT2D eigenvalue weighted by atomic mass is 16.5. The second-order valence-corrected chi connectivity index (χ2v) is 3.64. The molecule has 0 aromatic rings. The van der Waals surface area contributed by atoms with Crippen LogP contribution in [0.4, 0.5) is 0 Å². The molecule has 0 fully saturated rings. The quantitative estimate of drug-likeness (QED) is 0.551. The van der Waals surface area contributed by atoms with E-state index in [1.54, 1.807) is 7.11 Å². The van der Waals surface area contributed by atoms with Crippen LogP contribution in [0, 0.1) is 5.92 Å². The molecule has 86 valence electrons. The molecule has 0 aromatic heterocycles. The molecule has 0 amide bonds. The lowest BCUT2D eigenvalue weighted by molar-refractivity contribution is 0.0671. The molecule has 0 saturated heterocycles. The van der Waals surface area contributed by atoms with E-state index in [-0.39, 0.29) is 0 Å². The van der Waals surface area contributed by atoms with Crippen molar-refractivity contribution in [3.05, 3.63) is 0 Å². The third kappa shape index (κ3) is 8.48. The molecule has 3 heteroatoms. The Morgan fingerprint density at radius 2 is 1.93 bits per heavy atom. The Morgan fingerprint density at radius 3 is 2.50 bits per heavy atom. The van der Waals surface area contributed by atoms with Crippen molar-refractivity contribution in [1.29, 1.82) is 0 Å². The maximum Gasteiger partial charge on any atom is 0.0700 e. The molecule has 0 radical (unpaired) electrons. The first-order chi connectivity index (χ1) is 6.85. The van der Waals surface area contributed by atoms with Gasteiger partial charge in [-0.1, -0.05) is 13.3 Å². The van der Waals surface area contributed by atoms with Crippen LogP contribution in [0.1, 0.15) is 32.6 Å². The van der Waals surface area contributed by atoms with Gasteiger partial charge in [0.25, 0.3) is 0 Å². The van der Waals surface area contributed by atoms with Crippen molar-refractivity contribution >= 4 is 0 Å². The van der Waals surface area contributed by atoms with E-state index in [2.05, 4.69) is 6.92 Å². The molecule has 3 nitrogen and oxygen atoms in total. The molecule has 1 unspecified atom stereocenters. The second-order valence-electron chi connectivity index (χ2n) is 3.64. The molecule has 0 aliphatic heterocycles. The van der Waals surface area contributed by atoms with Gasteiger partial charge in [-0.05, 0) is 31.7 Å². The lowest BCUT2D eigenvalue weighted by Gasteiger charge is -2.13. The number of hydrogen-bond acceptors (Lipinski definition) is 3. The number of hydrogen-bond donors (Lipinski definition) is 1. The zero-order valence-electron chi connectivity index (χ0n) is 9.63. The minimum absolute atomic E-state index is 0.686. The van der Waals surface area contributed by atoms with E-state index in [1.807, 2.05) is 0 Å². The van der Waals surface area contributed by atoms with Crippen LogP contribution >= 0.6 is 0 Å². The van der Waals surface area contributed by atoms with Crippen LogP contribution in [-0.4, -0.2) is 33.5 Å². The summed E-state index contributed by atoms with van der Waals surface area (Å²) < 4.78 is 10.3. The zero-order valence-corrected chi connectivity index (χ0v) is 9.63. The van der Waals surface area contributed by atoms with Crippen LogP contribution in [0.3, 0.4) is 0 Å². The third-order valence-corrected chi connectivity index (χ3v) is 2.36. The van der Waals surface area contributed by atoms with E-state index < -0.39 is 0 Å². The van der Waals surface area contributed by atoms with E-state index in [0.717, 1.165) is 19.6 Å². The second kappa shape index (κ2) is 11.0. The number of rotatable bonds is 10. The lowest BCUT2D eigenvalue weighted by Crippen LogP contribution is -2.15. The van der Waals surface area contributed by atoms with Gasteiger partial charge in [0.15, 0.2) is 0 Å². The summed E-state index contributed by atoms with van der Waals surface area (Å²) in [5, 5.41) is 0. The fourth-order valence-electron chi connectivity index (χ4n) is 1.51. The van der Waals surface area contributed by atoms with Crippen molar-refractivity contribution in [3.63, 3.8) is 0 Å². The highest BCUT2D eigenvalue weighted by Gasteiger charge is 2.04. The minimum Gasteiger partial charge on any atom is -0.382 e. The number of ether oxygens (including phenoxy) is 2. The molecule has 0 bridgehead atoms. The van der Waals surface area contributed by atoms with Gasteiger partial charge < -0.3 is 15.2 Å². The summed E-state index contributed by atoms with van der Waals surface area (Å²) in [5.74, 6) is 0.686. The number of methoxy groups -OCH3 is 1. The van der Waals surface area contributed by atoms with E-state index >= 15 is 0 Å². The van der Waals surface area contributed by atoms with Gasteiger partial charge in [0.05, 0.1) is 13.2 Å². The first-order valence-electron chi connectivity index (χ1n) is 5.61. The summed E-state index contributed by atoms with van der Waals surface area (Å²) >= 11 is 0. The third-order valence-electron chi connectivity index (χ3n) is 2.36. The van der Waals surface area contributed by atoms with Crippen molar-refractivity contribution in [3.8, 4) is 0 Å². The van der Waals surface area contributed by atoms with Crippen LogP contribution in [0.15, 0.2) is 0 Å². The highest BCUT2D eigenvalue weighted by Crippen LogP contribution is 2.11. The Balaban J connectivity index is 3.15. The first kappa shape index (κ1) is 13.9. The van der Waals surface area contributed by atoms with E-state index in [1.165, 1.54) is 19.3 Å². The monoisotopic (exact) mass is 203 g/mol. The summed E-state index contributed by atoms with van der Waals surface area (Å²) in [5.41, 5.74) is 5.66. The normalized spacial score (nSPS) is 13.1. The highest BCUT2D eigenvalue weighted by molar-refractivity contribution is 4.58. The standard InChI is InChI=1S/C11H25NO2/c1-3-5-11(10-12)6-4-7-14-9-8-13-2/h11H,3-10,12H2,1-2H3. The van der Waals surface area contributed by atoms with Crippen molar-refractivity contribution in [2.45, 2.75) is 32.6 Å². The SMILES string of the molecule is CCCC(CN)CCCOCCOC. The zero-order chi connectivity index (χ0) is 10.6. The van der Waals surface area contributed by atoms with Gasteiger partial charge in [0.1, 0.15) is 0 Å². The Bertz CT molecular complexity index is 109. The Morgan fingerprint density at radius 1 is 1.14 bits per heavy atom. The average Bonchev–Trinajstić information content (AvgIpc) is 2.21. The summed E-state index contributed by atoms with van der Waals surface area (Å²) in [4.78, 5) is 0. The molecule has 14 heavy (non-hydrogen) atoms. The summed E-state index contributed by atoms with van der Waals surface area (Å²) in [6.45, 7) is 5.25. The van der Waals surface area contributed by atoms with Crippen LogP contribution < -0.4 is 5.73 Å². The van der Waals surface area contributed by atoms with E-state index in [4.69, 9.17) is 15.2 Å². The van der Waals surface area contributed by atoms with Crippen molar-refractivity contribution in [2.24, 2.45) is 11.7 Å². The minimum atomic E-state index is 0.686. The molecule has 0 aliphatic rings. The van der Waals surface area contributed by atoms with Crippen LogP contribution in [0.5, 0.6) is 0 Å². The van der Waals surface area contributed by atoms with Crippen molar-refractivity contribution < 1.29 is 9.47 Å². The fourth-order valence-corrected chi connectivity index (χ4v) is 1.51. The smallest absolute Gasteiger partial charge is 0.0700 e. The van der Waals surface area contributed by atoms with Crippen molar-refractivity contribution in [1.82, 2.24) is 0 Å². The maximum atomic E-state index is 5.66. The van der Waals surface area contributed by atoms with Gasteiger partial charge in [0, 0.05) is 13.7 Å². The Hall–Kier alpha value is -0.120. The van der Waals surface area contributed by atoms with E-state index in [0.29, 0.717) is 19.1 Å². The summed E-state index contributed by atoms with van der Waals surface area (Å²) in [6.07, 6.45) is 4.78. The van der Waals surface area contributed by atoms with Crippen LogP contribution in [0.25, 0.3) is 0 Å². The molecule has 0 saturated carbocycles. The van der Waals surface area contributed by atoms with Gasteiger partial charge in [-0.2, -0.15) is 0 Å². The topological polar surface area (TPSA) is 44.5 Å². The van der Waals surface area contributed by atoms with Gasteiger partial charge in [-0.25, -0.2) is 0 Å². The lowest BCUT2D eigenvalue weighted by atomic mass is 9.98. The maximum absolute atomic E-state index is 5.66. The molecule has 0 spiro atoms. The molecular weight excluding hydrogens is 178 g/mol. The van der Waals surface area contributed by atoms with Gasteiger partial charge in [-0.15, -0.1) is 0 Å². The molecule has 0 aliphatic carbocycles. The predicted octanol–water partition coefficient (Wildman–Crippen LogP) is 1.80. The summed E-state index contributed by atoms with van der Waals surface area (Å²) in [6, 6.07) is 0. The van der Waals surface area contributed by atoms with Gasteiger partial charge in [-0.3, -0.25) is 0 Å². The predicted molar refractivity (Wildman–Crippen MR) is 59.4 cm³/mol. The van der Waals surface area contributed by atoms with Crippen molar-refractivity contribution in [2.75, 3.05) is 33.5 Å². The fraction of sp³-hybridized carbons (Fsp3) is 1.00. The summed E-state index contributed by atoms with van der Waals surface area (Å²) in [7, 11) is 1.69. The first-order valence-corrected chi connectivity index (χ1v) is 5.61. The number of nitrogens with two attached hydrogens (primary N) is 1. The molecular formula is C11H25NO2. The van der Waals surface area contributed by atoms with Crippen LogP contribution in [-0.2, 0) is 9.47 Å². The van der Waals surface area contributed by atoms with Gasteiger partial charge in [0.2, 0.25) is 0 Å². The Labute approximate surface area is 88.0 Å². The largest absolute Gasteiger partial charge is 0.382 e. The van der Waals surface area contributed by atoms with Crippen LogP contribution in [0.2, 0.25) is 0 Å². The molecule has 0 aromatic carbocycles. The van der Waals surface area contributed by atoms with E-state index in [9.17, 15) is 0 Å². The average molecular weight is 203 g/mol. The van der Waals surface area contributed by atoms with Gasteiger partial charge >= 0.3 is 0 Å². The molecule has 0 heterocycles.